The summed E-state index contributed by atoms with van der Waals surface area (Å²) in [7, 11) is 1.40. The van der Waals surface area contributed by atoms with Crippen molar-refractivity contribution >= 4 is 17.5 Å². The lowest BCUT2D eigenvalue weighted by Gasteiger charge is -2.26. The van der Waals surface area contributed by atoms with Crippen LogP contribution in [0.1, 0.15) is 51.2 Å². The summed E-state index contributed by atoms with van der Waals surface area (Å²) in [5, 5.41) is 0. The molecule has 1 saturated carbocycles. The van der Waals surface area contributed by atoms with E-state index in [1.807, 2.05) is 0 Å². The Morgan fingerprint density at radius 3 is 2.61 bits per heavy atom. The number of methoxy groups -OCH3 is 1. The summed E-state index contributed by atoms with van der Waals surface area (Å²) in [6.07, 6.45) is 0.713. The molecule has 0 aromatic heterocycles. The Kier molecular flexibility index (Phi) is 5.73. The molecule has 0 spiro atoms. The molecular weight excluding hydrogens is 363 g/mol. The summed E-state index contributed by atoms with van der Waals surface area (Å²) in [6, 6.07) is 2.84. The van der Waals surface area contributed by atoms with Gasteiger partial charge in [0.1, 0.15) is 17.3 Å². The smallest absolute Gasteiger partial charge is 0.496 e. The highest BCUT2D eigenvalue weighted by molar-refractivity contribution is 6.24. The highest BCUT2D eigenvalue weighted by Gasteiger charge is 2.44. The van der Waals surface area contributed by atoms with Gasteiger partial charge in [-0.3, -0.25) is 4.79 Å². The van der Waals surface area contributed by atoms with Gasteiger partial charge in [0, 0.05) is 17.4 Å². The molecule has 0 radical (unpaired) electrons. The van der Waals surface area contributed by atoms with Crippen LogP contribution in [0, 0.1) is 29.5 Å². The van der Waals surface area contributed by atoms with Crippen LogP contribution in [-0.2, 0) is 14.3 Å². The molecule has 1 unspecified atom stereocenters. The van der Waals surface area contributed by atoms with E-state index in [1.54, 1.807) is 26.8 Å². The summed E-state index contributed by atoms with van der Waals surface area (Å²) in [5.74, 6) is 4.65. The zero-order chi connectivity index (χ0) is 20.4. The number of benzene rings is 1. The third kappa shape index (κ3) is 3.75. The number of carbonyl (C=O) groups excluding carboxylic acids is 2. The second-order valence-electron chi connectivity index (χ2n) is 7.24. The second kappa shape index (κ2) is 8.05. The standard InChI is InChI=1S/C22H23FO5/c1-5-6-13-9-16(23)18(17(10-13)26-4)19-20(24)14-7-8-15(11-14)21(19)28-22(25)27-12(2)3/h9-10,12,14-15H,7-8,11H2,1-4H3/t14?,15-/m0/s1. The van der Waals surface area contributed by atoms with Gasteiger partial charge in [0.15, 0.2) is 5.78 Å². The van der Waals surface area contributed by atoms with Crippen LogP contribution in [0.15, 0.2) is 17.9 Å². The fourth-order valence-electron chi connectivity index (χ4n) is 3.88. The number of ketones is 1. The number of hydrogen-bond donors (Lipinski definition) is 0. The molecule has 1 fully saturated rings. The average Bonchev–Trinajstić information content (AvgIpc) is 3.07. The Labute approximate surface area is 163 Å². The summed E-state index contributed by atoms with van der Waals surface area (Å²) < 4.78 is 30.9. The average molecular weight is 386 g/mol. The molecule has 5 nitrogen and oxygen atoms in total. The molecule has 3 rings (SSSR count). The minimum Gasteiger partial charge on any atom is -0.496 e. The van der Waals surface area contributed by atoms with Crippen molar-refractivity contribution in [2.45, 2.75) is 46.1 Å². The quantitative estimate of drug-likeness (QED) is 0.564. The minimum atomic E-state index is -0.895. The highest BCUT2D eigenvalue weighted by atomic mass is 19.1. The van der Waals surface area contributed by atoms with Gasteiger partial charge >= 0.3 is 6.16 Å². The van der Waals surface area contributed by atoms with Crippen molar-refractivity contribution in [1.29, 1.82) is 0 Å². The molecule has 6 heteroatoms. The number of Topliss-reactive ketones (excluding diaryl/α,β-unsaturated/α-hetero) is 1. The fourth-order valence-corrected chi connectivity index (χ4v) is 3.88. The van der Waals surface area contributed by atoms with E-state index < -0.39 is 12.0 Å². The Morgan fingerprint density at radius 2 is 1.96 bits per heavy atom. The highest BCUT2D eigenvalue weighted by Crippen LogP contribution is 2.48. The van der Waals surface area contributed by atoms with Crippen LogP contribution >= 0.6 is 0 Å². The second-order valence-corrected chi connectivity index (χ2v) is 7.24. The van der Waals surface area contributed by atoms with Crippen molar-refractivity contribution in [3.63, 3.8) is 0 Å². The maximum absolute atomic E-state index is 15.1. The Morgan fingerprint density at radius 1 is 1.25 bits per heavy atom. The molecule has 2 atom stereocenters. The number of halogens is 1. The first-order valence-electron chi connectivity index (χ1n) is 9.33. The molecule has 0 aliphatic heterocycles. The molecule has 28 heavy (non-hydrogen) atoms. The van der Waals surface area contributed by atoms with E-state index in [0.29, 0.717) is 24.8 Å². The van der Waals surface area contributed by atoms with Gasteiger partial charge in [-0.15, -0.1) is 5.92 Å². The van der Waals surface area contributed by atoms with Crippen LogP contribution in [0.2, 0.25) is 0 Å². The maximum atomic E-state index is 15.1. The molecule has 2 aliphatic carbocycles. The lowest BCUT2D eigenvalue weighted by Crippen LogP contribution is -2.25. The largest absolute Gasteiger partial charge is 0.513 e. The molecule has 2 aliphatic rings. The van der Waals surface area contributed by atoms with E-state index in [4.69, 9.17) is 14.2 Å². The molecular formula is C22H23FO5. The minimum absolute atomic E-state index is 0.0121. The van der Waals surface area contributed by atoms with Crippen molar-refractivity contribution in [1.82, 2.24) is 0 Å². The first-order valence-corrected chi connectivity index (χ1v) is 9.33. The molecule has 0 heterocycles. The molecule has 148 valence electrons. The zero-order valence-electron chi connectivity index (χ0n) is 16.4. The van der Waals surface area contributed by atoms with E-state index >= 15 is 4.39 Å². The normalized spacial score (nSPS) is 20.7. The van der Waals surface area contributed by atoms with Gasteiger partial charge in [0.05, 0.1) is 24.4 Å². The molecule has 0 N–H and O–H groups in total. The summed E-state index contributed by atoms with van der Waals surface area (Å²) in [4.78, 5) is 25.2. The number of carbonyl (C=O) groups is 2. The lowest BCUT2D eigenvalue weighted by atomic mass is 9.82. The molecule has 2 bridgehead atoms. The number of fused-ring (bicyclic) bond motifs is 2. The molecule has 1 aromatic rings. The van der Waals surface area contributed by atoms with E-state index in [-0.39, 0.29) is 46.4 Å². The van der Waals surface area contributed by atoms with Crippen molar-refractivity contribution in [3.05, 3.63) is 34.8 Å². The number of allylic oxidation sites excluding steroid dienone is 2. The molecule has 0 amide bonds. The van der Waals surface area contributed by atoms with Crippen LogP contribution in [-0.4, -0.2) is 25.2 Å². The SMILES string of the molecule is CC#Cc1cc(F)c(C2=C(OC(=O)OC(C)C)[C@H]3CCC(C3)C2=O)c(OC)c1. The van der Waals surface area contributed by atoms with Crippen molar-refractivity contribution in [2.24, 2.45) is 11.8 Å². The van der Waals surface area contributed by atoms with Gasteiger partial charge in [-0.05, 0) is 52.2 Å². The van der Waals surface area contributed by atoms with Crippen LogP contribution in [0.5, 0.6) is 5.75 Å². The summed E-state index contributed by atoms with van der Waals surface area (Å²) >= 11 is 0. The molecule has 1 aromatic carbocycles. The lowest BCUT2D eigenvalue weighted by molar-refractivity contribution is -0.117. The Hall–Kier alpha value is -2.81. The molecule has 0 saturated heterocycles. The van der Waals surface area contributed by atoms with Crippen LogP contribution in [0.25, 0.3) is 5.57 Å². The zero-order valence-corrected chi connectivity index (χ0v) is 16.4. The predicted molar refractivity (Wildman–Crippen MR) is 101 cm³/mol. The Bertz CT molecular complexity index is 903. The van der Waals surface area contributed by atoms with Gasteiger partial charge in [0.2, 0.25) is 0 Å². The van der Waals surface area contributed by atoms with E-state index in [1.165, 1.54) is 13.2 Å². The van der Waals surface area contributed by atoms with Crippen molar-refractivity contribution in [3.8, 4) is 17.6 Å². The van der Waals surface area contributed by atoms with Crippen LogP contribution in [0.3, 0.4) is 0 Å². The van der Waals surface area contributed by atoms with Gasteiger partial charge in [-0.2, -0.15) is 0 Å². The van der Waals surface area contributed by atoms with Crippen molar-refractivity contribution in [2.75, 3.05) is 7.11 Å². The number of rotatable bonds is 4. The maximum Gasteiger partial charge on any atom is 0.513 e. The van der Waals surface area contributed by atoms with E-state index in [0.717, 1.165) is 0 Å². The predicted octanol–water partition coefficient (Wildman–Crippen LogP) is 4.48. The number of ether oxygens (including phenoxy) is 3. The fraction of sp³-hybridized carbons (Fsp3) is 0.455. The van der Waals surface area contributed by atoms with E-state index in [9.17, 15) is 9.59 Å². The summed E-state index contributed by atoms with van der Waals surface area (Å²) in [5.41, 5.74) is 0.525. The first-order chi connectivity index (χ1) is 13.3. The Balaban J connectivity index is 2.16. The third-order valence-corrected chi connectivity index (χ3v) is 4.99. The van der Waals surface area contributed by atoms with Crippen molar-refractivity contribution < 1.29 is 28.2 Å². The first kappa shape index (κ1) is 19.9. The van der Waals surface area contributed by atoms with Gasteiger partial charge in [-0.1, -0.05) is 5.92 Å². The topological polar surface area (TPSA) is 61.8 Å². The van der Waals surface area contributed by atoms with Gasteiger partial charge in [-0.25, -0.2) is 9.18 Å². The summed E-state index contributed by atoms with van der Waals surface area (Å²) in [6.45, 7) is 5.05. The number of hydrogen-bond acceptors (Lipinski definition) is 5. The van der Waals surface area contributed by atoms with E-state index in [2.05, 4.69) is 11.8 Å². The van der Waals surface area contributed by atoms with Gasteiger partial charge in [0.25, 0.3) is 0 Å². The van der Waals surface area contributed by atoms with Crippen LogP contribution in [0.4, 0.5) is 9.18 Å². The van der Waals surface area contributed by atoms with Gasteiger partial charge < -0.3 is 14.2 Å². The van der Waals surface area contributed by atoms with Crippen LogP contribution < -0.4 is 4.74 Å². The third-order valence-electron chi connectivity index (χ3n) is 4.99. The monoisotopic (exact) mass is 386 g/mol.